The van der Waals surface area contributed by atoms with Crippen LogP contribution in [-0.2, 0) is 14.8 Å². The summed E-state index contributed by atoms with van der Waals surface area (Å²) >= 11 is 0. The van der Waals surface area contributed by atoms with E-state index in [9.17, 15) is 23.3 Å². The van der Waals surface area contributed by atoms with Crippen LogP contribution in [0.3, 0.4) is 0 Å². The second-order valence-electron chi connectivity index (χ2n) is 10.1. The van der Waals surface area contributed by atoms with Crippen LogP contribution in [0.1, 0.15) is 29.6 Å². The molecule has 1 aliphatic heterocycles. The van der Waals surface area contributed by atoms with E-state index in [0.717, 1.165) is 11.5 Å². The fraction of sp³-hybridized carbons (Fsp3) is 0.286. The molecular weight excluding hydrogens is 564 g/mol. The highest BCUT2D eigenvalue weighted by Gasteiger charge is 2.32. The summed E-state index contributed by atoms with van der Waals surface area (Å²) in [5.74, 6) is -0.483. The van der Waals surface area contributed by atoms with Crippen LogP contribution in [0.4, 0.5) is 22.7 Å². The predicted octanol–water partition coefficient (Wildman–Crippen LogP) is 4.10. The van der Waals surface area contributed by atoms with Gasteiger partial charge in [0.15, 0.2) is 0 Å². The van der Waals surface area contributed by atoms with Crippen molar-refractivity contribution in [3.05, 3.63) is 76.5 Å². The first kappa shape index (κ1) is 27.5. The number of nitro benzene ring substituents is 1. The highest BCUT2D eigenvalue weighted by Crippen LogP contribution is 2.38. The first-order valence-corrected chi connectivity index (χ1v) is 14.8. The Morgan fingerprint density at radius 3 is 2.76 bits per heavy atom. The molecule has 6 rings (SSSR count). The summed E-state index contributed by atoms with van der Waals surface area (Å²) in [6, 6.07) is 13.9. The van der Waals surface area contributed by atoms with Gasteiger partial charge in [0.1, 0.15) is 17.0 Å². The van der Waals surface area contributed by atoms with Gasteiger partial charge in [-0.05, 0) is 55.7 Å². The number of H-pyrrole nitrogens is 1. The number of aromatic amines is 1. The molecule has 0 atom stereocenters. The molecule has 42 heavy (non-hydrogen) atoms. The smallest absolute Gasteiger partial charge is 0.293 e. The van der Waals surface area contributed by atoms with Crippen molar-refractivity contribution in [2.75, 3.05) is 30.5 Å². The Balaban J connectivity index is 1.28. The lowest BCUT2D eigenvalue weighted by atomic mass is 9.89. The first-order chi connectivity index (χ1) is 20.2. The molecule has 0 radical (unpaired) electrons. The number of ether oxygens (including phenoxy) is 2. The monoisotopic (exact) mass is 592 g/mol. The predicted molar refractivity (Wildman–Crippen MR) is 155 cm³/mol. The molecule has 1 fully saturated rings. The number of nitro groups is 1. The van der Waals surface area contributed by atoms with Crippen molar-refractivity contribution >= 4 is 49.7 Å². The number of para-hydroxylation sites is 1. The standard InChI is InChI=1S/C28H28N6O7S/c1-40-19-14-18(15-19)30-22-8-7-20(16-24(22)34(36)37)42(38,39)32-27(35)21-5-2-3-6-23(21)33-11-4-12-41-28-25(33)13-17-9-10-29-26(17)31-28/h2-3,5-10,13,16,18-19,30H,4,11-12,14-15H2,1H3,(H,29,31)(H,32,35). The van der Waals surface area contributed by atoms with Gasteiger partial charge in [0, 0.05) is 37.3 Å². The topological polar surface area (TPSA) is 169 Å². The molecule has 1 saturated carbocycles. The van der Waals surface area contributed by atoms with E-state index in [1.165, 1.54) is 18.2 Å². The van der Waals surface area contributed by atoms with E-state index in [2.05, 4.69) is 20.0 Å². The van der Waals surface area contributed by atoms with E-state index in [0.29, 0.717) is 55.3 Å². The van der Waals surface area contributed by atoms with Gasteiger partial charge in [0.2, 0.25) is 5.88 Å². The van der Waals surface area contributed by atoms with E-state index in [4.69, 9.17) is 9.47 Å². The molecule has 0 unspecified atom stereocenters. The van der Waals surface area contributed by atoms with E-state index in [-0.39, 0.29) is 23.4 Å². The molecule has 2 aromatic carbocycles. The molecule has 4 aromatic rings. The highest BCUT2D eigenvalue weighted by molar-refractivity contribution is 7.90. The number of carbonyl (C=O) groups is 1. The highest BCUT2D eigenvalue weighted by atomic mass is 32.2. The lowest BCUT2D eigenvalue weighted by Gasteiger charge is -2.35. The van der Waals surface area contributed by atoms with Gasteiger partial charge in [0.05, 0.1) is 33.8 Å². The Bertz CT molecular complexity index is 1780. The molecule has 13 nitrogen and oxygen atoms in total. The molecule has 14 heteroatoms. The van der Waals surface area contributed by atoms with Crippen LogP contribution in [0.25, 0.3) is 11.0 Å². The summed E-state index contributed by atoms with van der Waals surface area (Å²) in [7, 11) is -2.86. The molecule has 1 aliphatic carbocycles. The van der Waals surface area contributed by atoms with Crippen LogP contribution in [-0.4, -0.2) is 61.6 Å². The van der Waals surface area contributed by atoms with Crippen LogP contribution in [0.15, 0.2) is 65.7 Å². The third kappa shape index (κ3) is 5.21. The van der Waals surface area contributed by atoms with E-state index >= 15 is 0 Å². The Morgan fingerprint density at radius 2 is 1.98 bits per heavy atom. The van der Waals surface area contributed by atoms with Gasteiger partial charge in [0.25, 0.3) is 21.6 Å². The Labute approximate surface area is 241 Å². The number of anilines is 3. The number of amides is 1. The summed E-state index contributed by atoms with van der Waals surface area (Å²) in [5, 5.41) is 15.7. The maximum absolute atomic E-state index is 13.5. The zero-order chi connectivity index (χ0) is 29.4. The van der Waals surface area contributed by atoms with E-state index in [1.54, 1.807) is 31.5 Å². The number of pyridine rings is 1. The zero-order valence-electron chi connectivity index (χ0n) is 22.6. The number of methoxy groups -OCH3 is 1. The van der Waals surface area contributed by atoms with Crippen LogP contribution < -0.4 is 19.7 Å². The minimum absolute atomic E-state index is 0.0228. The third-order valence-electron chi connectivity index (χ3n) is 7.47. The van der Waals surface area contributed by atoms with Crippen LogP contribution in [0.2, 0.25) is 0 Å². The molecule has 3 heterocycles. The Kier molecular flexibility index (Phi) is 7.16. The van der Waals surface area contributed by atoms with Crippen molar-refractivity contribution in [3.8, 4) is 5.88 Å². The van der Waals surface area contributed by atoms with Crippen molar-refractivity contribution in [2.24, 2.45) is 0 Å². The number of sulfonamides is 1. The first-order valence-electron chi connectivity index (χ1n) is 13.4. The molecular formula is C28H28N6O7S. The van der Waals surface area contributed by atoms with Crippen LogP contribution in [0, 0.1) is 10.1 Å². The second kappa shape index (κ2) is 10.9. The number of hydrogen-bond donors (Lipinski definition) is 3. The average Bonchev–Trinajstić information content (AvgIpc) is 3.31. The van der Waals surface area contributed by atoms with Gasteiger partial charge in [-0.25, -0.2) is 13.1 Å². The van der Waals surface area contributed by atoms with Crippen molar-refractivity contribution in [1.82, 2.24) is 14.7 Å². The number of fused-ring (bicyclic) bond motifs is 2. The van der Waals surface area contributed by atoms with Gasteiger partial charge in [-0.1, -0.05) is 12.1 Å². The van der Waals surface area contributed by atoms with Gasteiger partial charge in [-0.15, -0.1) is 0 Å². The molecule has 2 aliphatic rings. The quantitative estimate of drug-likeness (QED) is 0.200. The van der Waals surface area contributed by atoms with Gasteiger partial charge in [-0.2, -0.15) is 4.98 Å². The average molecular weight is 593 g/mol. The maximum Gasteiger partial charge on any atom is 0.293 e. The van der Waals surface area contributed by atoms with Crippen LogP contribution in [0.5, 0.6) is 5.88 Å². The molecule has 0 saturated heterocycles. The van der Waals surface area contributed by atoms with Gasteiger partial charge >= 0.3 is 0 Å². The minimum Gasteiger partial charge on any atom is -0.476 e. The van der Waals surface area contributed by atoms with Crippen molar-refractivity contribution in [3.63, 3.8) is 0 Å². The number of carbonyl (C=O) groups excluding carboxylic acids is 1. The van der Waals surface area contributed by atoms with Crippen molar-refractivity contribution in [2.45, 2.75) is 36.3 Å². The normalized spacial score (nSPS) is 18.4. The molecule has 0 spiro atoms. The third-order valence-corrected chi connectivity index (χ3v) is 8.80. The summed E-state index contributed by atoms with van der Waals surface area (Å²) in [5.41, 5.74) is 1.67. The SMILES string of the molecule is COC1CC(Nc2ccc(S(=O)(=O)NC(=O)c3ccccc3N3CCCOc4nc5[nH]ccc5cc43)cc2[N+](=O)[O-])C1. The zero-order valence-corrected chi connectivity index (χ0v) is 23.4. The summed E-state index contributed by atoms with van der Waals surface area (Å²) in [6.45, 7) is 0.914. The number of hydrogen-bond acceptors (Lipinski definition) is 10. The van der Waals surface area contributed by atoms with Gasteiger partial charge < -0.3 is 24.7 Å². The molecule has 3 N–H and O–H groups in total. The Hall–Kier alpha value is -4.69. The number of rotatable bonds is 8. The van der Waals surface area contributed by atoms with Gasteiger partial charge in [-0.3, -0.25) is 14.9 Å². The minimum atomic E-state index is -4.46. The van der Waals surface area contributed by atoms with E-state index < -0.39 is 31.4 Å². The van der Waals surface area contributed by atoms with Crippen molar-refractivity contribution < 1.29 is 27.6 Å². The summed E-state index contributed by atoms with van der Waals surface area (Å²) in [6.07, 6.45) is 3.85. The largest absolute Gasteiger partial charge is 0.476 e. The van der Waals surface area contributed by atoms with Crippen molar-refractivity contribution in [1.29, 1.82) is 0 Å². The summed E-state index contributed by atoms with van der Waals surface area (Å²) in [4.78, 5) is 33.7. The fourth-order valence-corrected chi connectivity index (χ4v) is 6.19. The summed E-state index contributed by atoms with van der Waals surface area (Å²) < 4.78 is 39.8. The number of nitrogens with zero attached hydrogens (tertiary/aromatic N) is 3. The fourth-order valence-electron chi connectivity index (χ4n) is 5.20. The Morgan fingerprint density at radius 1 is 1.17 bits per heavy atom. The lowest BCUT2D eigenvalue weighted by molar-refractivity contribution is -0.384. The van der Waals surface area contributed by atoms with Crippen LogP contribution >= 0.6 is 0 Å². The molecule has 218 valence electrons. The maximum atomic E-state index is 13.5. The molecule has 1 amide bonds. The number of aromatic nitrogens is 2. The number of nitrogens with one attached hydrogen (secondary N) is 3. The molecule has 2 aromatic heterocycles. The molecule has 0 bridgehead atoms. The second-order valence-corrected chi connectivity index (χ2v) is 11.8. The number of benzene rings is 2. The lowest BCUT2D eigenvalue weighted by Crippen LogP contribution is -2.40. The van der Waals surface area contributed by atoms with E-state index in [1.807, 2.05) is 17.0 Å².